The van der Waals surface area contributed by atoms with Crippen LogP contribution in [0.5, 0.6) is 0 Å². The van der Waals surface area contributed by atoms with Crippen molar-refractivity contribution in [1.82, 2.24) is 5.32 Å². The maximum Gasteiger partial charge on any atom is 0.230 e. The molecule has 0 bridgehead atoms. The Morgan fingerprint density at radius 3 is 2.55 bits per heavy atom. The van der Waals surface area contributed by atoms with E-state index in [2.05, 4.69) is 5.32 Å². The van der Waals surface area contributed by atoms with Crippen LogP contribution >= 0.6 is 11.6 Å². The molecule has 0 heterocycles. The van der Waals surface area contributed by atoms with Gasteiger partial charge in [-0.25, -0.2) is 0 Å². The van der Waals surface area contributed by atoms with Gasteiger partial charge in [-0.2, -0.15) is 0 Å². The smallest absolute Gasteiger partial charge is 0.230 e. The maximum absolute atomic E-state index is 12.5. The molecule has 20 heavy (non-hydrogen) atoms. The standard InChI is InChI=1S/C16H24ClNO2/c1-11(2)14(8-9-19)18-15(20)16(3,4)12-6-5-7-13(17)10-12/h5-7,10-11,14,19H,8-9H2,1-4H3,(H,18,20). The van der Waals surface area contributed by atoms with Crippen LogP contribution in [0.15, 0.2) is 24.3 Å². The number of benzene rings is 1. The van der Waals surface area contributed by atoms with Gasteiger partial charge in [0, 0.05) is 17.7 Å². The van der Waals surface area contributed by atoms with Crippen molar-refractivity contribution in [3.05, 3.63) is 34.9 Å². The number of rotatable bonds is 6. The summed E-state index contributed by atoms with van der Waals surface area (Å²) >= 11 is 6.00. The molecule has 0 spiro atoms. The lowest BCUT2D eigenvalue weighted by Gasteiger charge is -2.29. The van der Waals surface area contributed by atoms with Gasteiger partial charge in [-0.05, 0) is 43.9 Å². The molecule has 0 aromatic heterocycles. The number of carbonyl (C=O) groups is 1. The number of amides is 1. The van der Waals surface area contributed by atoms with Gasteiger partial charge < -0.3 is 10.4 Å². The predicted molar refractivity (Wildman–Crippen MR) is 82.9 cm³/mol. The molecule has 2 N–H and O–H groups in total. The predicted octanol–water partition coefficient (Wildman–Crippen LogP) is 3.14. The van der Waals surface area contributed by atoms with Crippen LogP contribution in [0.3, 0.4) is 0 Å². The van der Waals surface area contributed by atoms with E-state index in [0.29, 0.717) is 11.4 Å². The summed E-state index contributed by atoms with van der Waals surface area (Å²) < 4.78 is 0. The fourth-order valence-corrected chi connectivity index (χ4v) is 2.26. The van der Waals surface area contributed by atoms with Crippen molar-refractivity contribution in [3.63, 3.8) is 0 Å². The third-order valence-electron chi connectivity index (χ3n) is 3.68. The van der Waals surface area contributed by atoms with E-state index in [0.717, 1.165) is 5.56 Å². The molecule has 0 aliphatic carbocycles. The summed E-state index contributed by atoms with van der Waals surface area (Å²) in [6.45, 7) is 7.90. The number of hydrogen-bond donors (Lipinski definition) is 2. The van der Waals surface area contributed by atoms with Crippen LogP contribution in [0.25, 0.3) is 0 Å². The molecule has 1 aromatic rings. The number of aliphatic hydroxyl groups is 1. The summed E-state index contributed by atoms with van der Waals surface area (Å²) in [5.41, 5.74) is 0.224. The fraction of sp³-hybridized carbons (Fsp3) is 0.562. The van der Waals surface area contributed by atoms with Crippen molar-refractivity contribution in [2.24, 2.45) is 5.92 Å². The van der Waals surface area contributed by atoms with E-state index in [4.69, 9.17) is 16.7 Å². The van der Waals surface area contributed by atoms with Gasteiger partial charge >= 0.3 is 0 Å². The van der Waals surface area contributed by atoms with Crippen molar-refractivity contribution in [2.45, 2.75) is 45.6 Å². The molecule has 3 nitrogen and oxygen atoms in total. The Bertz CT molecular complexity index is 458. The van der Waals surface area contributed by atoms with E-state index in [1.807, 2.05) is 45.9 Å². The molecule has 1 unspecified atom stereocenters. The lowest BCUT2D eigenvalue weighted by molar-refractivity contribution is -0.126. The van der Waals surface area contributed by atoms with E-state index in [1.165, 1.54) is 0 Å². The quantitative estimate of drug-likeness (QED) is 0.847. The summed E-state index contributed by atoms with van der Waals surface area (Å²) in [4.78, 5) is 12.5. The molecule has 0 aliphatic heterocycles. The van der Waals surface area contributed by atoms with E-state index < -0.39 is 5.41 Å². The van der Waals surface area contributed by atoms with Crippen LogP contribution in [0, 0.1) is 5.92 Å². The van der Waals surface area contributed by atoms with Crippen molar-refractivity contribution >= 4 is 17.5 Å². The highest BCUT2D eigenvalue weighted by molar-refractivity contribution is 6.30. The van der Waals surface area contributed by atoms with E-state index in [1.54, 1.807) is 6.07 Å². The van der Waals surface area contributed by atoms with Gasteiger partial charge in [0.25, 0.3) is 0 Å². The molecular formula is C16H24ClNO2. The molecule has 0 saturated carbocycles. The highest BCUT2D eigenvalue weighted by Gasteiger charge is 2.31. The first-order valence-electron chi connectivity index (χ1n) is 6.97. The Morgan fingerprint density at radius 1 is 1.40 bits per heavy atom. The van der Waals surface area contributed by atoms with Gasteiger partial charge in [0.05, 0.1) is 5.41 Å². The van der Waals surface area contributed by atoms with Crippen LogP contribution in [0.4, 0.5) is 0 Å². The van der Waals surface area contributed by atoms with Crippen molar-refractivity contribution in [1.29, 1.82) is 0 Å². The van der Waals surface area contributed by atoms with Crippen LogP contribution < -0.4 is 5.32 Å². The zero-order chi connectivity index (χ0) is 15.3. The largest absolute Gasteiger partial charge is 0.396 e. The number of nitrogens with one attached hydrogen (secondary N) is 1. The first kappa shape index (κ1) is 17.0. The second-order valence-electron chi connectivity index (χ2n) is 5.97. The average Bonchev–Trinajstić information content (AvgIpc) is 2.37. The van der Waals surface area contributed by atoms with Crippen LogP contribution in [-0.2, 0) is 10.2 Å². The van der Waals surface area contributed by atoms with Crippen molar-refractivity contribution in [2.75, 3.05) is 6.61 Å². The molecule has 0 radical (unpaired) electrons. The molecule has 0 saturated heterocycles. The normalized spacial score (nSPS) is 13.3. The third-order valence-corrected chi connectivity index (χ3v) is 3.91. The topological polar surface area (TPSA) is 49.3 Å². The zero-order valence-electron chi connectivity index (χ0n) is 12.6. The highest BCUT2D eigenvalue weighted by atomic mass is 35.5. The number of carbonyl (C=O) groups excluding carboxylic acids is 1. The van der Waals surface area contributed by atoms with Crippen LogP contribution in [0.2, 0.25) is 5.02 Å². The summed E-state index contributed by atoms with van der Waals surface area (Å²) in [6.07, 6.45) is 0.565. The van der Waals surface area contributed by atoms with E-state index in [-0.39, 0.29) is 24.5 Å². The van der Waals surface area contributed by atoms with Gasteiger partial charge in [0.15, 0.2) is 0 Å². The minimum absolute atomic E-state index is 0.0223. The zero-order valence-corrected chi connectivity index (χ0v) is 13.4. The lowest BCUT2D eigenvalue weighted by atomic mass is 9.83. The first-order chi connectivity index (χ1) is 9.28. The third kappa shape index (κ3) is 4.22. The molecular weight excluding hydrogens is 274 g/mol. The molecule has 112 valence electrons. The molecule has 1 amide bonds. The van der Waals surface area contributed by atoms with Gasteiger partial charge in [0.1, 0.15) is 0 Å². The number of halogens is 1. The van der Waals surface area contributed by atoms with Crippen molar-refractivity contribution < 1.29 is 9.90 Å². The minimum atomic E-state index is -0.659. The summed E-state index contributed by atoms with van der Waals surface area (Å²) in [5, 5.41) is 12.7. The molecule has 1 aromatic carbocycles. The number of hydrogen-bond acceptors (Lipinski definition) is 2. The van der Waals surface area contributed by atoms with E-state index >= 15 is 0 Å². The summed E-state index contributed by atoms with van der Waals surface area (Å²) in [6, 6.07) is 7.34. The Labute approximate surface area is 126 Å². The SMILES string of the molecule is CC(C)C(CCO)NC(=O)C(C)(C)c1cccc(Cl)c1. The molecule has 4 heteroatoms. The van der Waals surface area contributed by atoms with Crippen molar-refractivity contribution in [3.8, 4) is 0 Å². The molecule has 0 aliphatic rings. The minimum Gasteiger partial charge on any atom is -0.396 e. The maximum atomic E-state index is 12.5. The second-order valence-corrected chi connectivity index (χ2v) is 6.41. The number of aliphatic hydroxyl groups excluding tert-OH is 1. The van der Waals surface area contributed by atoms with Crippen LogP contribution in [-0.4, -0.2) is 23.7 Å². The van der Waals surface area contributed by atoms with Gasteiger partial charge in [-0.15, -0.1) is 0 Å². The van der Waals surface area contributed by atoms with Gasteiger partial charge in [-0.1, -0.05) is 37.6 Å². The Balaban J connectivity index is 2.88. The lowest BCUT2D eigenvalue weighted by Crippen LogP contribution is -2.47. The Hall–Kier alpha value is -1.06. The molecule has 0 fully saturated rings. The van der Waals surface area contributed by atoms with Gasteiger partial charge in [0.2, 0.25) is 5.91 Å². The molecule has 1 atom stereocenters. The average molecular weight is 298 g/mol. The first-order valence-corrected chi connectivity index (χ1v) is 7.34. The van der Waals surface area contributed by atoms with E-state index in [9.17, 15) is 4.79 Å². The van der Waals surface area contributed by atoms with Crippen LogP contribution in [0.1, 0.15) is 39.7 Å². The Morgan fingerprint density at radius 2 is 2.05 bits per heavy atom. The Kier molecular flexibility index (Phi) is 6.03. The highest BCUT2D eigenvalue weighted by Crippen LogP contribution is 2.26. The van der Waals surface area contributed by atoms with Gasteiger partial charge in [-0.3, -0.25) is 4.79 Å². The second kappa shape index (κ2) is 7.09. The summed E-state index contributed by atoms with van der Waals surface area (Å²) in [5.74, 6) is 0.230. The monoisotopic (exact) mass is 297 g/mol. The molecule has 1 rings (SSSR count). The fourth-order valence-electron chi connectivity index (χ4n) is 2.07. The summed E-state index contributed by atoms with van der Waals surface area (Å²) in [7, 11) is 0.